The lowest BCUT2D eigenvalue weighted by molar-refractivity contribution is -0.334. The predicted octanol–water partition coefficient (Wildman–Crippen LogP) is 8.75. The standard InChI is InChI=1S/C29H35F7O3/c1-2-3-4-5-18-6-8-19(9-7-18)20-10-12-22(13-11-20)29(35,36)39-23-16-37-27(38-17-23)21-14-24(30)26(25(31)15-21)28(32,33)34/h2-3,6,8,14-15,18-20,22-23,27H,4-5,7,9-13,16-17H2,1H3/b3-2+. The topological polar surface area (TPSA) is 27.7 Å². The van der Waals surface area contributed by atoms with Crippen LogP contribution in [0.15, 0.2) is 36.4 Å². The first-order valence-corrected chi connectivity index (χ1v) is 13.6. The summed E-state index contributed by atoms with van der Waals surface area (Å²) in [5, 5.41) is 0. The molecule has 1 heterocycles. The first-order chi connectivity index (χ1) is 18.5. The third kappa shape index (κ3) is 7.64. The molecule has 1 aromatic carbocycles. The van der Waals surface area contributed by atoms with E-state index < -0.39 is 47.8 Å². The van der Waals surface area contributed by atoms with Gasteiger partial charge >= 0.3 is 12.3 Å². The second-order valence-corrected chi connectivity index (χ2v) is 10.8. The summed E-state index contributed by atoms with van der Waals surface area (Å²) >= 11 is 0. The largest absolute Gasteiger partial charge is 0.422 e. The Labute approximate surface area is 224 Å². The molecule has 3 nitrogen and oxygen atoms in total. The van der Waals surface area contributed by atoms with E-state index in [4.69, 9.17) is 14.2 Å². The molecule has 0 spiro atoms. The van der Waals surface area contributed by atoms with Crippen LogP contribution < -0.4 is 0 Å². The van der Waals surface area contributed by atoms with Crippen molar-refractivity contribution in [3.05, 3.63) is 59.2 Å². The number of benzene rings is 1. The molecule has 39 heavy (non-hydrogen) atoms. The van der Waals surface area contributed by atoms with Gasteiger partial charge in [0.05, 0.1) is 19.1 Å². The predicted molar refractivity (Wildman–Crippen MR) is 131 cm³/mol. The Kier molecular flexibility index (Phi) is 9.81. The summed E-state index contributed by atoms with van der Waals surface area (Å²) < 4.78 is 112. The number of hydrogen-bond acceptors (Lipinski definition) is 3. The van der Waals surface area contributed by atoms with Gasteiger partial charge in [0.1, 0.15) is 23.3 Å². The van der Waals surface area contributed by atoms with Crippen LogP contribution in [0.4, 0.5) is 30.7 Å². The number of halogens is 7. The molecule has 4 rings (SSSR count). The Bertz CT molecular complexity index is 984. The lowest BCUT2D eigenvalue weighted by Gasteiger charge is -2.39. The zero-order valence-corrected chi connectivity index (χ0v) is 21.9. The first-order valence-electron chi connectivity index (χ1n) is 13.6. The number of allylic oxidation sites excluding steroid dienone is 4. The van der Waals surface area contributed by atoms with E-state index >= 15 is 0 Å². The zero-order valence-electron chi connectivity index (χ0n) is 21.9. The van der Waals surface area contributed by atoms with Gasteiger partial charge in [-0.05, 0) is 88.2 Å². The molecule has 3 aliphatic rings. The van der Waals surface area contributed by atoms with Gasteiger partial charge in [0.15, 0.2) is 6.29 Å². The number of rotatable bonds is 8. The molecule has 1 aromatic rings. The third-order valence-corrected chi connectivity index (χ3v) is 8.10. The molecule has 0 N–H and O–H groups in total. The van der Waals surface area contributed by atoms with Crippen molar-refractivity contribution in [1.82, 2.24) is 0 Å². The lowest BCUT2D eigenvalue weighted by Crippen LogP contribution is -2.43. The monoisotopic (exact) mass is 564 g/mol. The van der Waals surface area contributed by atoms with Crippen molar-refractivity contribution in [2.45, 2.75) is 83.0 Å². The minimum absolute atomic E-state index is 0.317. The summed E-state index contributed by atoms with van der Waals surface area (Å²) in [6.45, 7) is 1.30. The van der Waals surface area contributed by atoms with Gasteiger partial charge in [-0.15, -0.1) is 0 Å². The van der Waals surface area contributed by atoms with Crippen molar-refractivity contribution in [3.8, 4) is 0 Å². The van der Waals surface area contributed by atoms with Gasteiger partial charge in [0, 0.05) is 5.56 Å². The Morgan fingerprint density at radius 1 is 0.897 bits per heavy atom. The summed E-state index contributed by atoms with van der Waals surface area (Å²) in [6.07, 6.45) is 4.20. The van der Waals surface area contributed by atoms with Crippen LogP contribution in [0, 0.1) is 35.3 Å². The molecule has 1 saturated heterocycles. The maximum Gasteiger partial charge on any atom is 0.422 e. The maximum atomic E-state index is 15.0. The number of hydrogen-bond donors (Lipinski definition) is 0. The van der Waals surface area contributed by atoms with Crippen LogP contribution in [0.1, 0.15) is 75.7 Å². The average molecular weight is 565 g/mol. The minimum Gasteiger partial charge on any atom is -0.346 e. The fourth-order valence-corrected chi connectivity index (χ4v) is 5.96. The van der Waals surface area contributed by atoms with E-state index in [1.807, 2.05) is 6.92 Å². The van der Waals surface area contributed by atoms with Crippen LogP contribution >= 0.6 is 0 Å². The molecule has 10 heteroatoms. The van der Waals surface area contributed by atoms with E-state index in [0.29, 0.717) is 55.6 Å². The Hall–Kier alpha value is -1.91. The van der Waals surface area contributed by atoms with Crippen molar-refractivity contribution in [3.63, 3.8) is 0 Å². The van der Waals surface area contributed by atoms with Crippen molar-refractivity contribution in [1.29, 1.82) is 0 Å². The molecular weight excluding hydrogens is 529 g/mol. The van der Waals surface area contributed by atoms with E-state index in [2.05, 4.69) is 24.3 Å². The highest BCUT2D eigenvalue weighted by Gasteiger charge is 2.46. The van der Waals surface area contributed by atoms with Crippen molar-refractivity contribution < 1.29 is 44.9 Å². The van der Waals surface area contributed by atoms with E-state index in [1.165, 1.54) is 0 Å². The van der Waals surface area contributed by atoms with Gasteiger partial charge in [-0.3, -0.25) is 0 Å². The van der Waals surface area contributed by atoms with E-state index in [0.717, 1.165) is 25.7 Å². The highest BCUT2D eigenvalue weighted by molar-refractivity contribution is 5.29. The van der Waals surface area contributed by atoms with E-state index in [9.17, 15) is 30.7 Å². The quantitative estimate of drug-likeness (QED) is 0.233. The van der Waals surface area contributed by atoms with Crippen LogP contribution in [-0.2, 0) is 20.4 Å². The summed E-state index contributed by atoms with van der Waals surface area (Å²) in [7, 11) is 0. The van der Waals surface area contributed by atoms with Crippen LogP contribution in [0.25, 0.3) is 0 Å². The first kappa shape index (κ1) is 30.1. The van der Waals surface area contributed by atoms with Gasteiger partial charge in [0.2, 0.25) is 0 Å². The minimum atomic E-state index is -5.20. The molecule has 218 valence electrons. The molecule has 2 atom stereocenters. The molecule has 1 aliphatic heterocycles. The van der Waals surface area contributed by atoms with Gasteiger partial charge in [-0.2, -0.15) is 22.0 Å². The van der Waals surface area contributed by atoms with Crippen LogP contribution in [0.3, 0.4) is 0 Å². The molecule has 1 saturated carbocycles. The number of alkyl halides is 5. The molecule has 2 unspecified atom stereocenters. The lowest BCUT2D eigenvalue weighted by atomic mass is 9.71. The molecule has 0 amide bonds. The maximum absolute atomic E-state index is 15.0. The molecule has 0 aromatic heterocycles. The van der Waals surface area contributed by atoms with Gasteiger partial charge < -0.3 is 14.2 Å². The summed E-state index contributed by atoms with van der Waals surface area (Å²) in [6, 6.07) is 0.937. The second kappa shape index (κ2) is 12.7. The fraction of sp³-hybridized carbons (Fsp3) is 0.655. The van der Waals surface area contributed by atoms with Crippen molar-refractivity contribution in [2.24, 2.45) is 23.7 Å². The van der Waals surface area contributed by atoms with Gasteiger partial charge in [0.25, 0.3) is 0 Å². The SMILES string of the molecule is C/C=C/CCC1C=CC(C2CCC(C(F)(F)OC3COC(c4cc(F)c(C(F)(F)F)c(F)c4)OC3)CC2)CC1. The molecule has 2 fully saturated rings. The molecule has 2 aliphatic carbocycles. The van der Waals surface area contributed by atoms with Crippen LogP contribution in [-0.4, -0.2) is 25.4 Å². The van der Waals surface area contributed by atoms with E-state index in [-0.39, 0.29) is 18.8 Å². The smallest absolute Gasteiger partial charge is 0.346 e. The summed E-state index contributed by atoms with van der Waals surface area (Å²) in [5.74, 6) is -3.16. The summed E-state index contributed by atoms with van der Waals surface area (Å²) in [5.41, 5.74) is -2.33. The highest BCUT2D eigenvalue weighted by atomic mass is 19.4. The van der Waals surface area contributed by atoms with Crippen molar-refractivity contribution in [2.75, 3.05) is 13.2 Å². The highest BCUT2D eigenvalue weighted by Crippen LogP contribution is 2.45. The third-order valence-electron chi connectivity index (χ3n) is 8.10. The van der Waals surface area contributed by atoms with Gasteiger partial charge in [-0.25, -0.2) is 8.78 Å². The Balaban J connectivity index is 1.24. The average Bonchev–Trinajstić information content (AvgIpc) is 2.88. The second-order valence-electron chi connectivity index (χ2n) is 10.8. The van der Waals surface area contributed by atoms with Crippen LogP contribution in [0.2, 0.25) is 0 Å². The normalized spacial score (nSPS) is 30.7. The Morgan fingerprint density at radius 2 is 1.54 bits per heavy atom. The molecule has 0 bridgehead atoms. The number of ether oxygens (including phenoxy) is 3. The van der Waals surface area contributed by atoms with Gasteiger partial charge in [-0.1, -0.05) is 24.3 Å². The molecule has 0 radical (unpaired) electrons. The Morgan fingerprint density at radius 3 is 2.08 bits per heavy atom. The van der Waals surface area contributed by atoms with Crippen LogP contribution in [0.5, 0.6) is 0 Å². The summed E-state index contributed by atoms with van der Waals surface area (Å²) in [4.78, 5) is 0. The zero-order chi connectivity index (χ0) is 28.2. The molecular formula is C29H35F7O3. The van der Waals surface area contributed by atoms with Crippen molar-refractivity contribution >= 4 is 0 Å². The fourth-order valence-electron chi connectivity index (χ4n) is 5.96. The van der Waals surface area contributed by atoms with E-state index in [1.54, 1.807) is 0 Å².